The van der Waals surface area contributed by atoms with Crippen LogP contribution in [0.5, 0.6) is 5.75 Å². The molecule has 0 aliphatic rings. The highest BCUT2D eigenvalue weighted by molar-refractivity contribution is 6.31. The van der Waals surface area contributed by atoms with Gasteiger partial charge in [-0.15, -0.1) is 0 Å². The highest BCUT2D eigenvalue weighted by Gasteiger charge is 2.20. The number of anilines is 1. The van der Waals surface area contributed by atoms with E-state index < -0.39 is 5.91 Å². The third-order valence-corrected chi connectivity index (χ3v) is 5.18. The summed E-state index contributed by atoms with van der Waals surface area (Å²) in [5, 5.41) is 3.66. The van der Waals surface area contributed by atoms with Gasteiger partial charge in [-0.2, -0.15) is 0 Å². The Balaban J connectivity index is 1.84. The molecule has 0 fully saturated rings. The topological polar surface area (TPSA) is 86.9 Å². The third kappa shape index (κ3) is 3.99. The van der Waals surface area contributed by atoms with Crippen LogP contribution in [0.1, 0.15) is 16.9 Å². The van der Waals surface area contributed by atoms with Gasteiger partial charge in [0.25, 0.3) is 11.5 Å². The number of nitrogens with one attached hydrogen (secondary N) is 1. The molecule has 1 aromatic carbocycles. The van der Waals surface area contributed by atoms with Crippen molar-refractivity contribution in [2.75, 3.05) is 26.1 Å². The molecular weight excluding hydrogens is 420 g/mol. The van der Waals surface area contributed by atoms with Gasteiger partial charge in [0, 0.05) is 31.5 Å². The van der Waals surface area contributed by atoms with E-state index in [2.05, 4.69) is 10.3 Å². The number of halogens is 1. The molecule has 9 heteroatoms. The summed E-state index contributed by atoms with van der Waals surface area (Å²) >= 11 is 6.08. The number of rotatable bonds is 7. The van der Waals surface area contributed by atoms with E-state index in [4.69, 9.17) is 21.1 Å². The Morgan fingerprint density at radius 3 is 2.81 bits per heavy atom. The molecule has 0 aliphatic heterocycles. The molecule has 0 radical (unpaired) electrons. The van der Waals surface area contributed by atoms with Crippen LogP contribution < -0.4 is 15.6 Å². The molecule has 8 nitrogen and oxygen atoms in total. The average molecular weight is 441 g/mol. The standard InChI is InChI=1S/C22H21ClN4O4/c1-30-11-5-10-26-17(21(28)24-16-12-14(23)7-8-18(16)31-2)13-15-20(26)25-19-6-3-4-9-27(19)22(15)29/h3-4,6-9,12-13H,5,10-11H2,1-2H3,(H,24,28). The van der Waals surface area contributed by atoms with Crippen molar-refractivity contribution in [2.45, 2.75) is 13.0 Å². The molecule has 0 aliphatic carbocycles. The number of pyridine rings is 1. The molecule has 0 spiro atoms. The maximum Gasteiger partial charge on any atom is 0.272 e. The Morgan fingerprint density at radius 2 is 2.03 bits per heavy atom. The zero-order chi connectivity index (χ0) is 22.0. The summed E-state index contributed by atoms with van der Waals surface area (Å²) in [6.07, 6.45) is 2.31. The van der Waals surface area contributed by atoms with Crippen molar-refractivity contribution in [3.05, 3.63) is 69.7 Å². The molecule has 1 N–H and O–H groups in total. The third-order valence-electron chi connectivity index (χ3n) is 4.95. The van der Waals surface area contributed by atoms with Gasteiger partial charge in [0.15, 0.2) is 0 Å². The lowest BCUT2D eigenvalue weighted by molar-refractivity contribution is 0.101. The maximum atomic E-state index is 13.2. The second-order valence-electron chi connectivity index (χ2n) is 6.91. The van der Waals surface area contributed by atoms with Gasteiger partial charge in [0.2, 0.25) is 0 Å². The van der Waals surface area contributed by atoms with Crippen LogP contribution in [0.25, 0.3) is 16.7 Å². The number of aryl methyl sites for hydroxylation is 1. The van der Waals surface area contributed by atoms with E-state index in [0.717, 1.165) is 0 Å². The number of hydrogen-bond acceptors (Lipinski definition) is 5. The number of fused-ring (bicyclic) bond motifs is 2. The van der Waals surface area contributed by atoms with E-state index in [1.54, 1.807) is 54.3 Å². The quantitative estimate of drug-likeness (QED) is 0.444. The van der Waals surface area contributed by atoms with Crippen molar-refractivity contribution in [3.63, 3.8) is 0 Å². The number of benzene rings is 1. The number of carbonyl (C=O) groups is 1. The Hall–Kier alpha value is -3.36. The molecule has 31 heavy (non-hydrogen) atoms. The normalized spacial score (nSPS) is 11.2. The van der Waals surface area contributed by atoms with Gasteiger partial charge in [-0.05, 0) is 42.8 Å². The monoisotopic (exact) mass is 440 g/mol. The van der Waals surface area contributed by atoms with Crippen LogP contribution in [0.3, 0.4) is 0 Å². The largest absolute Gasteiger partial charge is 0.495 e. The number of methoxy groups -OCH3 is 2. The fraction of sp³-hybridized carbons (Fsp3) is 0.227. The van der Waals surface area contributed by atoms with E-state index in [0.29, 0.717) is 58.4 Å². The van der Waals surface area contributed by atoms with E-state index in [1.165, 1.54) is 11.5 Å². The zero-order valence-corrected chi connectivity index (χ0v) is 17.8. The molecule has 0 saturated heterocycles. The number of nitrogens with zero attached hydrogens (tertiary/aromatic N) is 3. The van der Waals surface area contributed by atoms with Gasteiger partial charge < -0.3 is 19.4 Å². The lowest BCUT2D eigenvalue weighted by atomic mass is 10.2. The molecule has 0 bridgehead atoms. The van der Waals surface area contributed by atoms with Gasteiger partial charge in [-0.25, -0.2) is 4.98 Å². The van der Waals surface area contributed by atoms with Crippen molar-refractivity contribution in [2.24, 2.45) is 0 Å². The highest BCUT2D eigenvalue weighted by atomic mass is 35.5. The summed E-state index contributed by atoms with van der Waals surface area (Å²) in [5.41, 5.74) is 1.47. The van der Waals surface area contributed by atoms with Crippen LogP contribution in [0.15, 0.2) is 53.5 Å². The van der Waals surface area contributed by atoms with Gasteiger partial charge in [-0.1, -0.05) is 17.7 Å². The number of ether oxygens (including phenoxy) is 2. The molecule has 1 amide bonds. The molecule has 0 saturated carbocycles. The second-order valence-corrected chi connectivity index (χ2v) is 7.35. The first-order chi connectivity index (χ1) is 15.0. The Bertz CT molecular complexity index is 1330. The molecule has 4 aromatic rings. The first kappa shape index (κ1) is 20.9. The molecular formula is C22H21ClN4O4. The predicted octanol–water partition coefficient (Wildman–Crippen LogP) is 3.60. The summed E-state index contributed by atoms with van der Waals surface area (Å²) in [6.45, 7) is 0.970. The van der Waals surface area contributed by atoms with E-state index in [-0.39, 0.29) is 5.56 Å². The Kier molecular flexibility index (Phi) is 5.92. The van der Waals surface area contributed by atoms with Crippen LogP contribution in [0.4, 0.5) is 5.69 Å². The smallest absolute Gasteiger partial charge is 0.272 e. The SMILES string of the molecule is COCCCn1c(C(=O)Nc2cc(Cl)ccc2OC)cc2c(=O)n3ccccc3nc21. The van der Waals surface area contributed by atoms with Gasteiger partial charge in [0.1, 0.15) is 22.7 Å². The van der Waals surface area contributed by atoms with E-state index in [1.807, 2.05) is 6.07 Å². The molecule has 0 unspecified atom stereocenters. The van der Waals surface area contributed by atoms with Crippen LogP contribution in [-0.4, -0.2) is 40.7 Å². The molecule has 0 atom stereocenters. The molecule has 4 rings (SSSR count). The fourth-order valence-corrected chi connectivity index (χ4v) is 3.67. The van der Waals surface area contributed by atoms with Crippen molar-refractivity contribution in [3.8, 4) is 5.75 Å². The predicted molar refractivity (Wildman–Crippen MR) is 119 cm³/mol. The van der Waals surface area contributed by atoms with Gasteiger partial charge in [0.05, 0.1) is 18.2 Å². The summed E-state index contributed by atoms with van der Waals surface area (Å²) in [5.74, 6) is 0.0770. The van der Waals surface area contributed by atoms with E-state index >= 15 is 0 Å². The minimum Gasteiger partial charge on any atom is -0.495 e. The van der Waals surface area contributed by atoms with Crippen molar-refractivity contribution < 1.29 is 14.3 Å². The van der Waals surface area contributed by atoms with Crippen LogP contribution in [0.2, 0.25) is 5.02 Å². The molecule has 3 heterocycles. The minimum atomic E-state index is -0.399. The van der Waals surface area contributed by atoms with E-state index in [9.17, 15) is 9.59 Å². The van der Waals surface area contributed by atoms with Gasteiger partial charge in [-0.3, -0.25) is 14.0 Å². The first-order valence-corrected chi connectivity index (χ1v) is 10.1. The van der Waals surface area contributed by atoms with Crippen LogP contribution >= 0.6 is 11.6 Å². The highest BCUT2D eigenvalue weighted by Crippen LogP contribution is 2.28. The summed E-state index contributed by atoms with van der Waals surface area (Å²) in [7, 11) is 3.13. The van der Waals surface area contributed by atoms with Crippen molar-refractivity contribution >= 4 is 39.9 Å². The Labute approximate surface area is 183 Å². The van der Waals surface area contributed by atoms with Crippen LogP contribution in [0, 0.1) is 0 Å². The first-order valence-electron chi connectivity index (χ1n) is 9.68. The minimum absolute atomic E-state index is 0.236. The summed E-state index contributed by atoms with van der Waals surface area (Å²) in [4.78, 5) is 30.9. The summed E-state index contributed by atoms with van der Waals surface area (Å²) in [6, 6.07) is 11.9. The Morgan fingerprint density at radius 1 is 1.19 bits per heavy atom. The number of amides is 1. The lowest BCUT2D eigenvalue weighted by Crippen LogP contribution is -2.18. The molecule has 3 aromatic heterocycles. The fourth-order valence-electron chi connectivity index (χ4n) is 3.50. The zero-order valence-electron chi connectivity index (χ0n) is 17.1. The molecule has 160 valence electrons. The summed E-state index contributed by atoms with van der Waals surface area (Å²) < 4.78 is 13.7. The number of aromatic nitrogens is 3. The van der Waals surface area contributed by atoms with Gasteiger partial charge >= 0.3 is 0 Å². The average Bonchev–Trinajstić information content (AvgIpc) is 3.13. The van der Waals surface area contributed by atoms with Crippen molar-refractivity contribution in [1.82, 2.24) is 14.0 Å². The lowest BCUT2D eigenvalue weighted by Gasteiger charge is -2.13. The maximum absolute atomic E-state index is 13.2. The number of hydrogen-bond donors (Lipinski definition) is 1. The second kappa shape index (κ2) is 8.79. The van der Waals surface area contributed by atoms with Crippen LogP contribution in [-0.2, 0) is 11.3 Å². The number of carbonyl (C=O) groups excluding carboxylic acids is 1. The van der Waals surface area contributed by atoms with Crippen molar-refractivity contribution in [1.29, 1.82) is 0 Å².